The molecule has 0 aromatic heterocycles. The van der Waals surface area contributed by atoms with Gasteiger partial charge in [0.2, 0.25) is 0 Å². The van der Waals surface area contributed by atoms with Crippen LogP contribution in [0.2, 0.25) is 0 Å². The molecule has 0 radical (unpaired) electrons. The van der Waals surface area contributed by atoms with Crippen LogP contribution in [0.25, 0.3) is 5.70 Å². The number of hydrogen-bond donors (Lipinski definition) is 1. The second kappa shape index (κ2) is 9.69. The summed E-state index contributed by atoms with van der Waals surface area (Å²) in [4.78, 5) is 18.1. The van der Waals surface area contributed by atoms with Crippen molar-refractivity contribution in [3.8, 4) is 0 Å². The number of amides is 1. The summed E-state index contributed by atoms with van der Waals surface area (Å²) < 4.78 is 0. The summed E-state index contributed by atoms with van der Waals surface area (Å²) in [6.45, 7) is 6.58. The smallest absolute Gasteiger partial charge is 0.276 e. The summed E-state index contributed by atoms with van der Waals surface area (Å²) in [5.74, 6) is 1.30. The first-order chi connectivity index (χ1) is 15.1. The van der Waals surface area contributed by atoms with Gasteiger partial charge in [-0.05, 0) is 29.5 Å². The highest BCUT2D eigenvalue weighted by molar-refractivity contribution is 8.13. The number of unbranched alkanes of at least 4 members (excludes halogenated alkanes) is 3. The zero-order chi connectivity index (χ0) is 21.8. The lowest BCUT2D eigenvalue weighted by atomic mass is 10.0. The Morgan fingerprint density at radius 3 is 2.58 bits per heavy atom. The minimum atomic E-state index is -0.354. The van der Waals surface area contributed by atoms with Gasteiger partial charge in [-0.3, -0.25) is 15.1 Å². The van der Waals surface area contributed by atoms with E-state index < -0.39 is 0 Å². The maximum absolute atomic E-state index is 13.1. The number of benzene rings is 2. The Labute approximate surface area is 188 Å². The molecule has 0 unspecified atom stereocenters. The Hall–Kier alpha value is -2.60. The maximum Gasteiger partial charge on any atom is 0.276 e. The number of rotatable bonds is 7. The largest absolute Gasteiger partial charge is 0.298 e. The van der Waals surface area contributed by atoms with E-state index in [1.807, 2.05) is 24.3 Å². The SMILES string of the molecule is CCCCCCSC1=NN2C(=c3ccccc3=N[C@H]2c2ccc(C(C)C)cc2)C(=O)N1. The van der Waals surface area contributed by atoms with Gasteiger partial charge in [-0.25, -0.2) is 5.01 Å². The van der Waals surface area contributed by atoms with E-state index in [0.29, 0.717) is 16.8 Å². The number of carbonyl (C=O) groups excluding carboxylic acids is 1. The third kappa shape index (κ3) is 4.69. The van der Waals surface area contributed by atoms with E-state index in [4.69, 9.17) is 10.1 Å². The van der Waals surface area contributed by atoms with E-state index >= 15 is 0 Å². The van der Waals surface area contributed by atoms with Crippen molar-refractivity contribution in [3.05, 3.63) is 70.2 Å². The number of thioether (sulfide) groups is 1. The molecule has 2 aromatic carbocycles. The first-order valence-electron chi connectivity index (χ1n) is 11.2. The summed E-state index contributed by atoms with van der Waals surface area (Å²) in [6.07, 6.45) is 4.43. The number of nitrogens with zero attached hydrogens (tertiary/aromatic N) is 3. The van der Waals surface area contributed by atoms with E-state index in [1.54, 1.807) is 16.8 Å². The topological polar surface area (TPSA) is 57.1 Å². The number of hydrazone groups is 1. The average Bonchev–Trinajstić information content (AvgIpc) is 2.78. The molecule has 1 atom stereocenters. The van der Waals surface area contributed by atoms with Crippen LogP contribution in [-0.2, 0) is 4.79 Å². The molecule has 162 valence electrons. The second-order valence-electron chi connectivity index (χ2n) is 8.30. The zero-order valence-electron chi connectivity index (χ0n) is 18.5. The van der Waals surface area contributed by atoms with Crippen molar-refractivity contribution < 1.29 is 4.79 Å². The molecule has 0 aliphatic carbocycles. The van der Waals surface area contributed by atoms with Gasteiger partial charge in [0.1, 0.15) is 5.70 Å². The molecule has 5 nitrogen and oxygen atoms in total. The Bertz CT molecular complexity index is 1090. The van der Waals surface area contributed by atoms with Gasteiger partial charge in [-0.15, -0.1) is 5.10 Å². The van der Waals surface area contributed by atoms with E-state index in [1.165, 1.54) is 24.8 Å². The average molecular weight is 435 g/mol. The molecular formula is C25H30N4OS. The number of hydrogen-bond acceptors (Lipinski definition) is 5. The second-order valence-corrected chi connectivity index (χ2v) is 9.39. The molecule has 2 aliphatic rings. The molecular weight excluding hydrogens is 404 g/mol. The van der Waals surface area contributed by atoms with Crippen LogP contribution in [0.3, 0.4) is 0 Å². The Morgan fingerprint density at radius 1 is 1.06 bits per heavy atom. The van der Waals surface area contributed by atoms with Crippen molar-refractivity contribution in [1.82, 2.24) is 10.3 Å². The van der Waals surface area contributed by atoms with E-state index in [-0.39, 0.29) is 12.1 Å². The van der Waals surface area contributed by atoms with Crippen LogP contribution in [-0.4, -0.2) is 21.8 Å². The minimum absolute atomic E-state index is 0.114. The number of para-hydroxylation sites is 1. The van der Waals surface area contributed by atoms with E-state index in [0.717, 1.165) is 28.3 Å². The molecule has 2 aromatic rings. The summed E-state index contributed by atoms with van der Waals surface area (Å²) in [6, 6.07) is 16.3. The highest BCUT2D eigenvalue weighted by Crippen LogP contribution is 2.31. The fourth-order valence-corrected chi connectivity index (χ4v) is 4.71. The maximum atomic E-state index is 13.1. The fraction of sp³-hybridized carbons (Fsp3) is 0.400. The lowest BCUT2D eigenvalue weighted by Crippen LogP contribution is -2.50. The Kier molecular flexibility index (Phi) is 6.76. The van der Waals surface area contributed by atoms with Crippen LogP contribution in [0, 0.1) is 0 Å². The van der Waals surface area contributed by atoms with Crippen molar-refractivity contribution in [1.29, 1.82) is 0 Å². The van der Waals surface area contributed by atoms with Crippen LogP contribution < -0.4 is 15.9 Å². The van der Waals surface area contributed by atoms with Gasteiger partial charge in [0.25, 0.3) is 5.91 Å². The van der Waals surface area contributed by atoms with Gasteiger partial charge in [0.15, 0.2) is 11.3 Å². The van der Waals surface area contributed by atoms with E-state index in [2.05, 4.69) is 50.4 Å². The predicted molar refractivity (Wildman–Crippen MR) is 128 cm³/mol. The molecule has 0 saturated heterocycles. The standard InChI is InChI=1S/C25H30N4OS/c1-4-5-6-9-16-31-25-27-24(30)22-20-10-7-8-11-21(20)26-23(29(22)28-25)19-14-12-18(13-15-19)17(2)3/h7-8,10-15,17,23H,4-6,9,16H2,1-3H3,(H,27,28,30)/t23-/m1/s1. The molecule has 0 fully saturated rings. The minimum Gasteiger partial charge on any atom is -0.298 e. The fourth-order valence-electron chi connectivity index (χ4n) is 3.86. The van der Waals surface area contributed by atoms with Gasteiger partial charge in [-0.1, -0.05) is 94.3 Å². The summed E-state index contributed by atoms with van der Waals surface area (Å²) in [7, 11) is 0. The van der Waals surface area contributed by atoms with Crippen molar-refractivity contribution in [2.45, 2.75) is 58.5 Å². The molecule has 0 bridgehead atoms. The molecule has 0 saturated carbocycles. The van der Waals surface area contributed by atoms with Crippen LogP contribution in [0.1, 0.15) is 69.7 Å². The van der Waals surface area contributed by atoms with Crippen LogP contribution >= 0.6 is 11.8 Å². The van der Waals surface area contributed by atoms with Gasteiger partial charge in [0.05, 0.1) is 5.36 Å². The summed E-state index contributed by atoms with van der Waals surface area (Å²) in [5.41, 5.74) is 2.88. The molecule has 31 heavy (non-hydrogen) atoms. The molecule has 2 heterocycles. The quantitative estimate of drug-likeness (QED) is 0.662. The highest BCUT2D eigenvalue weighted by Gasteiger charge is 2.34. The Balaban J connectivity index is 1.69. The normalized spacial score (nSPS) is 17.6. The number of nitrogens with one attached hydrogen (secondary N) is 1. The van der Waals surface area contributed by atoms with Crippen molar-refractivity contribution in [2.75, 3.05) is 5.75 Å². The predicted octanol–water partition coefficient (Wildman–Crippen LogP) is 4.27. The van der Waals surface area contributed by atoms with Crippen LogP contribution in [0.15, 0.2) is 58.6 Å². The van der Waals surface area contributed by atoms with Crippen molar-refractivity contribution in [3.63, 3.8) is 0 Å². The van der Waals surface area contributed by atoms with E-state index in [9.17, 15) is 4.79 Å². The van der Waals surface area contributed by atoms with Gasteiger partial charge < -0.3 is 0 Å². The number of amidine groups is 1. The Morgan fingerprint density at radius 2 is 1.84 bits per heavy atom. The molecule has 1 amide bonds. The number of carbonyl (C=O) groups is 1. The van der Waals surface area contributed by atoms with Crippen LogP contribution in [0.5, 0.6) is 0 Å². The van der Waals surface area contributed by atoms with Gasteiger partial charge in [-0.2, -0.15) is 0 Å². The van der Waals surface area contributed by atoms with Crippen molar-refractivity contribution in [2.24, 2.45) is 10.1 Å². The van der Waals surface area contributed by atoms with Crippen LogP contribution in [0.4, 0.5) is 0 Å². The molecule has 0 spiro atoms. The first kappa shape index (κ1) is 21.6. The first-order valence-corrected chi connectivity index (χ1v) is 12.2. The third-order valence-corrected chi connectivity index (χ3v) is 6.60. The molecule has 1 N–H and O–H groups in total. The molecule has 6 heteroatoms. The lowest BCUT2D eigenvalue weighted by Gasteiger charge is -2.34. The molecule has 2 aliphatic heterocycles. The molecule has 4 rings (SSSR count). The summed E-state index contributed by atoms with van der Waals surface area (Å²) in [5, 5.41) is 11.9. The summed E-state index contributed by atoms with van der Waals surface area (Å²) >= 11 is 1.61. The van der Waals surface area contributed by atoms with Gasteiger partial charge in [0, 0.05) is 11.0 Å². The highest BCUT2D eigenvalue weighted by atomic mass is 32.2. The van der Waals surface area contributed by atoms with Crippen molar-refractivity contribution >= 4 is 28.5 Å². The zero-order valence-corrected chi connectivity index (χ0v) is 19.3. The number of fused-ring (bicyclic) bond motifs is 2. The van der Waals surface area contributed by atoms with Gasteiger partial charge >= 0.3 is 0 Å². The lowest BCUT2D eigenvalue weighted by molar-refractivity contribution is -0.116. The third-order valence-electron chi connectivity index (χ3n) is 5.65. The monoisotopic (exact) mass is 434 g/mol.